The molecule has 20 heavy (non-hydrogen) atoms. The van der Waals surface area contributed by atoms with Crippen molar-refractivity contribution in [3.05, 3.63) is 23.8 Å². The maximum atomic E-state index is 12.5. The number of hydrogen-bond acceptors (Lipinski definition) is 5. The Labute approximate surface area is 115 Å². The number of hydrazine groups is 1. The Balaban J connectivity index is 1.89. The zero-order valence-corrected chi connectivity index (χ0v) is 11.1. The number of amides is 2. The van der Waals surface area contributed by atoms with E-state index >= 15 is 0 Å². The van der Waals surface area contributed by atoms with Gasteiger partial charge in [-0.3, -0.25) is 14.6 Å². The third-order valence-electron chi connectivity index (χ3n) is 3.36. The maximum Gasteiger partial charge on any atom is 0.272 e. The second-order valence-electron chi connectivity index (χ2n) is 4.62. The van der Waals surface area contributed by atoms with Crippen LogP contribution in [0.25, 0.3) is 11.0 Å². The van der Waals surface area contributed by atoms with Crippen LogP contribution in [0.1, 0.15) is 30.1 Å². The Kier molecular flexibility index (Phi) is 3.09. The Bertz CT molecular complexity index is 666. The van der Waals surface area contributed by atoms with E-state index in [4.69, 9.17) is 0 Å². The minimum absolute atomic E-state index is 0.0416. The molecule has 0 radical (unpaired) electrons. The van der Waals surface area contributed by atoms with E-state index in [1.807, 2.05) is 0 Å². The first kappa shape index (κ1) is 12.6. The molecule has 2 aromatic rings. The second-order valence-corrected chi connectivity index (χ2v) is 4.62. The number of benzene rings is 1. The highest BCUT2D eigenvalue weighted by molar-refractivity contribution is 5.98. The Morgan fingerprint density at radius 3 is 2.75 bits per heavy atom. The fraction of sp³-hybridized carbons (Fsp3) is 0.385. The number of carbonyl (C=O) groups excluding carboxylic acids is 2. The number of aromatic nitrogens is 2. The van der Waals surface area contributed by atoms with Crippen molar-refractivity contribution in [2.75, 3.05) is 13.1 Å². The monoisotopic (exact) mass is 274 g/mol. The van der Waals surface area contributed by atoms with E-state index in [2.05, 4.69) is 14.9 Å². The molecule has 0 atom stereocenters. The van der Waals surface area contributed by atoms with E-state index in [1.54, 1.807) is 25.1 Å². The lowest BCUT2D eigenvalue weighted by Crippen LogP contribution is -2.44. The average molecular weight is 274 g/mol. The third-order valence-corrected chi connectivity index (χ3v) is 3.36. The predicted octanol–water partition coefficient (Wildman–Crippen LogP) is 1.22. The van der Waals surface area contributed by atoms with Gasteiger partial charge in [-0.15, -0.1) is 0 Å². The van der Waals surface area contributed by atoms with Gasteiger partial charge in [-0.25, -0.2) is 9.64 Å². The van der Waals surface area contributed by atoms with Gasteiger partial charge in [0, 0.05) is 25.1 Å². The minimum Gasteiger partial charge on any atom is -0.273 e. The molecule has 2 heterocycles. The lowest BCUT2D eigenvalue weighted by molar-refractivity contribution is -0.140. The summed E-state index contributed by atoms with van der Waals surface area (Å²) in [5.41, 5.74) is 1.61. The largest absolute Gasteiger partial charge is 0.273 e. The Morgan fingerprint density at radius 2 is 1.95 bits per heavy atom. The summed E-state index contributed by atoms with van der Waals surface area (Å²) < 4.78 is 4.61. The first-order valence-corrected chi connectivity index (χ1v) is 6.55. The van der Waals surface area contributed by atoms with Crippen LogP contribution < -0.4 is 0 Å². The van der Waals surface area contributed by atoms with Crippen LogP contribution in [0.15, 0.2) is 22.8 Å². The van der Waals surface area contributed by atoms with E-state index in [1.165, 1.54) is 10.0 Å². The molecule has 1 aliphatic heterocycles. The molecule has 104 valence electrons. The fourth-order valence-corrected chi connectivity index (χ4v) is 2.33. The Hall–Kier alpha value is -2.44. The first-order valence-electron chi connectivity index (χ1n) is 6.55. The molecule has 0 unspecified atom stereocenters. The maximum absolute atomic E-state index is 12.5. The normalized spacial score (nSPS) is 15.1. The van der Waals surface area contributed by atoms with Crippen LogP contribution in [0.3, 0.4) is 0 Å². The quantitative estimate of drug-likeness (QED) is 0.822. The SMILES string of the molecule is CCC(=O)N1CCCN1C(=O)c1ccc2nonc2c1. The van der Waals surface area contributed by atoms with Crippen molar-refractivity contribution in [3.63, 3.8) is 0 Å². The van der Waals surface area contributed by atoms with Crippen LogP contribution in [0.4, 0.5) is 0 Å². The van der Waals surface area contributed by atoms with Crippen molar-refractivity contribution in [1.29, 1.82) is 0 Å². The summed E-state index contributed by atoms with van der Waals surface area (Å²) in [7, 11) is 0. The third kappa shape index (κ3) is 2.01. The molecule has 3 rings (SSSR count). The van der Waals surface area contributed by atoms with Crippen LogP contribution in [0.5, 0.6) is 0 Å². The fourth-order valence-electron chi connectivity index (χ4n) is 2.33. The highest BCUT2D eigenvalue weighted by Crippen LogP contribution is 2.18. The summed E-state index contributed by atoms with van der Waals surface area (Å²) in [6, 6.07) is 4.98. The van der Waals surface area contributed by atoms with Crippen LogP contribution in [-0.4, -0.2) is 45.2 Å². The molecular formula is C13H14N4O3. The number of rotatable bonds is 2. The van der Waals surface area contributed by atoms with Gasteiger partial charge in [0.05, 0.1) is 0 Å². The molecule has 2 amide bonds. The molecule has 0 N–H and O–H groups in total. The summed E-state index contributed by atoms with van der Waals surface area (Å²) in [5, 5.41) is 10.4. The van der Waals surface area contributed by atoms with Gasteiger partial charge in [0.25, 0.3) is 5.91 Å². The zero-order valence-electron chi connectivity index (χ0n) is 11.1. The zero-order chi connectivity index (χ0) is 14.1. The van der Waals surface area contributed by atoms with Gasteiger partial charge in [-0.2, -0.15) is 0 Å². The molecule has 1 aromatic heterocycles. The van der Waals surface area contributed by atoms with E-state index in [9.17, 15) is 9.59 Å². The van der Waals surface area contributed by atoms with Crippen LogP contribution in [0, 0.1) is 0 Å². The lowest BCUT2D eigenvalue weighted by atomic mass is 10.2. The van der Waals surface area contributed by atoms with Crippen LogP contribution >= 0.6 is 0 Å². The van der Waals surface area contributed by atoms with Crippen molar-refractivity contribution < 1.29 is 14.2 Å². The summed E-state index contributed by atoms with van der Waals surface area (Å²) in [6.45, 7) is 2.93. The van der Waals surface area contributed by atoms with Gasteiger partial charge in [0.2, 0.25) is 5.91 Å². The average Bonchev–Trinajstić information content (AvgIpc) is 3.13. The van der Waals surface area contributed by atoms with E-state index < -0.39 is 0 Å². The second kappa shape index (κ2) is 4.92. The molecule has 1 aliphatic rings. The van der Waals surface area contributed by atoms with Gasteiger partial charge < -0.3 is 0 Å². The van der Waals surface area contributed by atoms with Gasteiger partial charge in [-0.1, -0.05) is 6.92 Å². The smallest absolute Gasteiger partial charge is 0.272 e. The van der Waals surface area contributed by atoms with E-state index in [0.29, 0.717) is 36.1 Å². The molecule has 1 saturated heterocycles. The van der Waals surface area contributed by atoms with Crippen molar-refractivity contribution >= 4 is 22.8 Å². The van der Waals surface area contributed by atoms with Crippen molar-refractivity contribution in [1.82, 2.24) is 20.3 Å². The van der Waals surface area contributed by atoms with E-state index in [-0.39, 0.29) is 11.8 Å². The molecular weight excluding hydrogens is 260 g/mol. The molecule has 0 saturated carbocycles. The molecule has 7 nitrogen and oxygen atoms in total. The molecule has 0 bridgehead atoms. The number of hydrogen-bond donors (Lipinski definition) is 0. The van der Waals surface area contributed by atoms with Crippen molar-refractivity contribution in [2.45, 2.75) is 19.8 Å². The summed E-state index contributed by atoms with van der Waals surface area (Å²) in [4.78, 5) is 24.3. The van der Waals surface area contributed by atoms with E-state index in [0.717, 1.165) is 6.42 Å². The molecule has 0 spiro atoms. The standard InChI is InChI=1S/C13H14N4O3/c1-2-12(18)16-6-3-7-17(16)13(19)9-4-5-10-11(8-9)15-20-14-10/h4-5,8H,2-3,6-7H2,1H3. The highest BCUT2D eigenvalue weighted by Gasteiger charge is 2.30. The number of carbonyl (C=O) groups is 2. The minimum atomic E-state index is -0.200. The molecule has 1 fully saturated rings. The highest BCUT2D eigenvalue weighted by atomic mass is 16.6. The molecule has 0 aliphatic carbocycles. The lowest BCUT2D eigenvalue weighted by Gasteiger charge is -2.27. The first-order chi connectivity index (χ1) is 9.70. The Morgan fingerprint density at radius 1 is 1.20 bits per heavy atom. The van der Waals surface area contributed by atoms with Gasteiger partial charge in [0.15, 0.2) is 0 Å². The van der Waals surface area contributed by atoms with Gasteiger partial charge in [-0.05, 0) is 34.9 Å². The molecule has 7 heteroatoms. The summed E-state index contributed by atoms with van der Waals surface area (Å²) >= 11 is 0. The van der Waals surface area contributed by atoms with Crippen molar-refractivity contribution in [2.24, 2.45) is 0 Å². The summed E-state index contributed by atoms with van der Waals surface area (Å²) in [5.74, 6) is -0.241. The van der Waals surface area contributed by atoms with Crippen LogP contribution in [0.2, 0.25) is 0 Å². The number of nitrogens with zero attached hydrogens (tertiary/aromatic N) is 4. The topological polar surface area (TPSA) is 79.5 Å². The van der Waals surface area contributed by atoms with Crippen LogP contribution in [-0.2, 0) is 4.79 Å². The van der Waals surface area contributed by atoms with Gasteiger partial charge in [0.1, 0.15) is 11.0 Å². The van der Waals surface area contributed by atoms with Gasteiger partial charge >= 0.3 is 0 Å². The predicted molar refractivity (Wildman–Crippen MR) is 69.5 cm³/mol. The number of fused-ring (bicyclic) bond motifs is 1. The molecule has 1 aromatic carbocycles. The summed E-state index contributed by atoms with van der Waals surface area (Å²) in [6.07, 6.45) is 1.18. The van der Waals surface area contributed by atoms with Crippen molar-refractivity contribution in [3.8, 4) is 0 Å².